The molecule has 4 nitrogen and oxygen atoms in total. The molecule has 0 atom stereocenters. The fourth-order valence-corrected chi connectivity index (χ4v) is 2.67. The maximum absolute atomic E-state index is 11.9. The quantitative estimate of drug-likeness (QED) is 0.929. The summed E-state index contributed by atoms with van der Waals surface area (Å²) in [6.45, 7) is 4.77. The van der Waals surface area contributed by atoms with E-state index in [1.807, 2.05) is 16.8 Å². The van der Waals surface area contributed by atoms with E-state index in [0.717, 1.165) is 29.4 Å². The van der Waals surface area contributed by atoms with Gasteiger partial charge in [0.2, 0.25) is 5.91 Å². The molecule has 1 aliphatic rings. The predicted molar refractivity (Wildman–Crippen MR) is 79.3 cm³/mol. The van der Waals surface area contributed by atoms with Crippen molar-refractivity contribution in [1.82, 2.24) is 15.1 Å². The summed E-state index contributed by atoms with van der Waals surface area (Å²) >= 11 is 0. The number of para-hydroxylation sites is 1. The Balaban J connectivity index is 1.82. The van der Waals surface area contributed by atoms with Crippen LogP contribution >= 0.6 is 0 Å². The van der Waals surface area contributed by atoms with Crippen LogP contribution in [0.4, 0.5) is 0 Å². The average molecular weight is 271 g/mol. The lowest BCUT2D eigenvalue weighted by Crippen LogP contribution is -2.34. The van der Waals surface area contributed by atoms with Crippen LogP contribution in [-0.2, 0) is 11.3 Å². The highest BCUT2D eigenvalue weighted by atomic mass is 16.1. The lowest BCUT2D eigenvalue weighted by molar-refractivity contribution is -0.127. The fraction of sp³-hybridized carbons (Fsp3) is 0.500. The molecule has 0 aliphatic heterocycles. The van der Waals surface area contributed by atoms with Gasteiger partial charge < -0.3 is 5.32 Å². The zero-order valence-corrected chi connectivity index (χ0v) is 12.1. The molecule has 0 bridgehead atoms. The summed E-state index contributed by atoms with van der Waals surface area (Å²) in [5.41, 5.74) is 2.09. The van der Waals surface area contributed by atoms with E-state index < -0.39 is 0 Å². The van der Waals surface area contributed by atoms with Gasteiger partial charge in [-0.1, -0.05) is 24.6 Å². The zero-order valence-electron chi connectivity index (χ0n) is 12.1. The fourth-order valence-electron chi connectivity index (χ4n) is 2.67. The minimum absolute atomic E-state index is 0.180. The van der Waals surface area contributed by atoms with E-state index in [2.05, 4.69) is 36.4 Å². The Morgan fingerprint density at radius 2 is 2.15 bits per heavy atom. The number of carbonyl (C=O) groups is 1. The highest BCUT2D eigenvalue weighted by molar-refractivity contribution is 5.83. The Labute approximate surface area is 119 Å². The van der Waals surface area contributed by atoms with E-state index >= 15 is 0 Å². The van der Waals surface area contributed by atoms with Gasteiger partial charge in [-0.3, -0.25) is 9.48 Å². The Morgan fingerprint density at radius 3 is 2.80 bits per heavy atom. The van der Waals surface area contributed by atoms with Crippen LogP contribution in [0.3, 0.4) is 0 Å². The van der Waals surface area contributed by atoms with E-state index in [1.54, 1.807) is 0 Å². The Kier molecular flexibility index (Phi) is 3.47. The Bertz CT molecular complexity index is 626. The third-order valence-corrected chi connectivity index (χ3v) is 4.09. The lowest BCUT2D eigenvalue weighted by atomic mass is 9.85. The van der Waals surface area contributed by atoms with Crippen LogP contribution in [-0.4, -0.2) is 15.7 Å². The van der Waals surface area contributed by atoms with Gasteiger partial charge in [0, 0.05) is 17.3 Å². The SMILES string of the molecule is CC(C)n1nc(CNC(=O)C2CCC2)c2ccccc21. The number of aromatic nitrogens is 2. The monoisotopic (exact) mass is 271 g/mol. The zero-order chi connectivity index (χ0) is 14.1. The van der Waals surface area contributed by atoms with Crippen LogP contribution in [0.25, 0.3) is 10.9 Å². The molecular weight excluding hydrogens is 250 g/mol. The number of hydrogen-bond donors (Lipinski definition) is 1. The van der Waals surface area contributed by atoms with Crippen molar-refractivity contribution < 1.29 is 4.79 Å². The summed E-state index contributed by atoms with van der Waals surface area (Å²) in [5, 5.41) is 8.83. The molecule has 1 aliphatic carbocycles. The second-order valence-electron chi connectivity index (χ2n) is 5.85. The first-order valence-electron chi connectivity index (χ1n) is 7.40. The molecule has 0 unspecified atom stereocenters. The van der Waals surface area contributed by atoms with Gasteiger partial charge in [-0.25, -0.2) is 0 Å². The topological polar surface area (TPSA) is 46.9 Å². The van der Waals surface area contributed by atoms with Gasteiger partial charge >= 0.3 is 0 Å². The van der Waals surface area contributed by atoms with Gasteiger partial charge in [0.25, 0.3) is 0 Å². The van der Waals surface area contributed by atoms with Gasteiger partial charge in [0.05, 0.1) is 17.8 Å². The van der Waals surface area contributed by atoms with Crippen molar-refractivity contribution in [2.75, 3.05) is 0 Å². The van der Waals surface area contributed by atoms with Crippen molar-refractivity contribution in [2.24, 2.45) is 5.92 Å². The Morgan fingerprint density at radius 1 is 1.40 bits per heavy atom. The molecule has 20 heavy (non-hydrogen) atoms. The molecular formula is C16H21N3O. The number of nitrogens with one attached hydrogen (secondary N) is 1. The van der Waals surface area contributed by atoms with Crippen molar-refractivity contribution in [2.45, 2.75) is 45.7 Å². The lowest BCUT2D eigenvalue weighted by Gasteiger charge is -2.23. The van der Waals surface area contributed by atoms with E-state index in [9.17, 15) is 4.79 Å². The highest BCUT2D eigenvalue weighted by Gasteiger charge is 2.25. The minimum Gasteiger partial charge on any atom is -0.350 e. The molecule has 2 aromatic rings. The van der Waals surface area contributed by atoms with Crippen LogP contribution < -0.4 is 5.32 Å². The summed E-state index contributed by atoms with van der Waals surface area (Å²) < 4.78 is 2.03. The standard InChI is InChI=1S/C16H21N3O/c1-11(2)19-15-9-4-3-8-13(15)14(18-19)10-17-16(20)12-6-5-7-12/h3-4,8-9,11-12H,5-7,10H2,1-2H3,(H,17,20). The minimum atomic E-state index is 0.180. The predicted octanol–water partition coefficient (Wildman–Crippen LogP) is 3.03. The second kappa shape index (κ2) is 5.27. The van der Waals surface area contributed by atoms with E-state index in [-0.39, 0.29) is 11.8 Å². The molecule has 1 amide bonds. The molecule has 1 fully saturated rings. The molecule has 3 rings (SSSR count). The molecule has 1 aromatic carbocycles. The maximum atomic E-state index is 11.9. The van der Waals surface area contributed by atoms with Crippen molar-refractivity contribution in [3.8, 4) is 0 Å². The van der Waals surface area contributed by atoms with E-state index in [1.165, 1.54) is 6.42 Å². The van der Waals surface area contributed by atoms with Gasteiger partial charge in [0.1, 0.15) is 0 Å². The molecule has 106 valence electrons. The highest BCUT2D eigenvalue weighted by Crippen LogP contribution is 2.26. The molecule has 0 spiro atoms. The number of rotatable bonds is 4. The molecule has 0 radical (unpaired) electrons. The number of carbonyl (C=O) groups excluding carboxylic acids is 1. The number of amides is 1. The second-order valence-corrected chi connectivity index (χ2v) is 5.85. The summed E-state index contributed by atoms with van der Waals surface area (Å²) in [5.74, 6) is 0.410. The molecule has 1 heterocycles. The Hall–Kier alpha value is -1.84. The number of fused-ring (bicyclic) bond motifs is 1. The smallest absolute Gasteiger partial charge is 0.223 e. The van der Waals surface area contributed by atoms with Crippen LogP contribution in [0, 0.1) is 5.92 Å². The number of hydrogen-bond acceptors (Lipinski definition) is 2. The molecule has 1 saturated carbocycles. The molecule has 4 heteroatoms. The largest absolute Gasteiger partial charge is 0.350 e. The van der Waals surface area contributed by atoms with Gasteiger partial charge in [-0.15, -0.1) is 0 Å². The van der Waals surface area contributed by atoms with Gasteiger partial charge in [-0.05, 0) is 32.8 Å². The van der Waals surface area contributed by atoms with Gasteiger partial charge in [0.15, 0.2) is 0 Å². The number of nitrogens with zero attached hydrogens (tertiary/aromatic N) is 2. The van der Waals surface area contributed by atoms with Crippen LogP contribution in [0.15, 0.2) is 24.3 Å². The van der Waals surface area contributed by atoms with E-state index in [4.69, 9.17) is 0 Å². The summed E-state index contributed by atoms with van der Waals surface area (Å²) in [6.07, 6.45) is 3.25. The van der Waals surface area contributed by atoms with E-state index in [0.29, 0.717) is 12.6 Å². The van der Waals surface area contributed by atoms with Crippen molar-refractivity contribution >= 4 is 16.8 Å². The third-order valence-electron chi connectivity index (χ3n) is 4.09. The van der Waals surface area contributed by atoms with Crippen LogP contribution in [0.2, 0.25) is 0 Å². The first-order valence-corrected chi connectivity index (χ1v) is 7.40. The first kappa shape index (κ1) is 13.2. The summed E-state index contributed by atoms with van der Waals surface area (Å²) in [4.78, 5) is 11.9. The normalized spacial score (nSPS) is 15.6. The molecule has 0 saturated heterocycles. The summed E-state index contributed by atoms with van der Waals surface area (Å²) in [7, 11) is 0. The van der Waals surface area contributed by atoms with Gasteiger partial charge in [-0.2, -0.15) is 5.10 Å². The molecule has 1 N–H and O–H groups in total. The van der Waals surface area contributed by atoms with Crippen LogP contribution in [0.1, 0.15) is 44.8 Å². The van der Waals surface area contributed by atoms with Crippen LogP contribution in [0.5, 0.6) is 0 Å². The average Bonchev–Trinajstić information content (AvgIpc) is 2.73. The third kappa shape index (κ3) is 2.30. The first-order chi connectivity index (χ1) is 9.66. The number of benzene rings is 1. The maximum Gasteiger partial charge on any atom is 0.223 e. The van der Waals surface area contributed by atoms with Crippen molar-refractivity contribution in [3.63, 3.8) is 0 Å². The molecule has 1 aromatic heterocycles. The van der Waals surface area contributed by atoms with Crippen molar-refractivity contribution in [3.05, 3.63) is 30.0 Å². The van der Waals surface area contributed by atoms with Crippen molar-refractivity contribution in [1.29, 1.82) is 0 Å². The summed E-state index contributed by atoms with van der Waals surface area (Å²) in [6, 6.07) is 8.52.